The van der Waals surface area contributed by atoms with Gasteiger partial charge in [0.25, 0.3) is 0 Å². The van der Waals surface area contributed by atoms with Gasteiger partial charge in [0, 0.05) is 4.47 Å². The van der Waals surface area contributed by atoms with Crippen LogP contribution in [-0.2, 0) is 6.18 Å². The van der Waals surface area contributed by atoms with Crippen molar-refractivity contribution in [3.8, 4) is 5.69 Å². The number of aromatic nitrogens is 3. The Hall–Kier alpha value is -1.41. The fraction of sp³-hybridized carbons (Fsp3) is 0.385. The molecule has 1 aromatic carbocycles. The van der Waals surface area contributed by atoms with Gasteiger partial charge in [-0.15, -0.1) is 5.10 Å². The Morgan fingerprint density at radius 2 is 1.95 bits per heavy atom. The van der Waals surface area contributed by atoms with Crippen molar-refractivity contribution >= 4 is 15.9 Å². The van der Waals surface area contributed by atoms with Crippen LogP contribution in [0.1, 0.15) is 29.9 Å². The summed E-state index contributed by atoms with van der Waals surface area (Å²) in [6.45, 7) is 3.68. The van der Waals surface area contributed by atoms with Gasteiger partial charge in [-0.05, 0) is 39.1 Å². The molecule has 0 spiro atoms. The predicted octanol–water partition coefficient (Wildman–Crippen LogP) is 3.64. The minimum absolute atomic E-state index is 0.0343. The lowest BCUT2D eigenvalue weighted by Gasteiger charge is -2.11. The second kappa shape index (κ2) is 5.76. The van der Waals surface area contributed by atoms with Crippen LogP contribution in [0.15, 0.2) is 22.7 Å². The van der Waals surface area contributed by atoms with Gasteiger partial charge < -0.3 is 5.32 Å². The Kier molecular flexibility index (Phi) is 4.38. The number of alkyl halides is 3. The van der Waals surface area contributed by atoms with Crippen LogP contribution >= 0.6 is 15.9 Å². The van der Waals surface area contributed by atoms with Crippen molar-refractivity contribution in [3.63, 3.8) is 0 Å². The maximum absolute atomic E-state index is 12.9. The van der Waals surface area contributed by atoms with Crippen molar-refractivity contribution < 1.29 is 13.2 Å². The van der Waals surface area contributed by atoms with Gasteiger partial charge in [0.05, 0.1) is 23.0 Å². The zero-order valence-corrected chi connectivity index (χ0v) is 13.2. The highest BCUT2D eigenvalue weighted by Gasteiger charge is 2.31. The van der Waals surface area contributed by atoms with Crippen LogP contribution < -0.4 is 5.32 Å². The summed E-state index contributed by atoms with van der Waals surface area (Å²) in [6.07, 6.45) is -4.41. The third-order valence-corrected chi connectivity index (χ3v) is 3.69. The highest BCUT2D eigenvalue weighted by atomic mass is 79.9. The molecule has 0 fully saturated rings. The summed E-state index contributed by atoms with van der Waals surface area (Å²) >= 11 is 3.10. The van der Waals surface area contributed by atoms with Gasteiger partial charge in [0.1, 0.15) is 5.69 Å². The van der Waals surface area contributed by atoms with Gasteiger partial charge in [0.15, 0.2) is 0 Å². The highest BCUT2D eigenvalue weighted by Crippen LogP contribution is 2.33. The summed E-state index contributed by atoms with van der Waals surface area (Å²) in [5.41, 5.74) is 0.982. The molecule has 1 aromatic heterocycles. The number of hydrogen-bond acceptors (Lipinski definition) is 3. The fourth-order valence-corrected chi connectivity index (χ4v) is 2.46. The van der Waals surface area contributed by atoms with Crippen LogP contribution in [0.25, 0.3) is 5.69 Å². The average molecular weight is 363 g/mol. The fourth-order valence-electron chi connectivity index (χ4n) is 1.98. The van der Waals surface area contributed by atoms with E-state index in [1.54, 1.807) is 20.0 Å². The molecule has 1 atom stereocenters. The van der Waals surface area contributed by atoms with E-state index in [1.807, 2.05) is 6.92 Å². The molecule has 8 heteroatoms. The summed E-state index contributed by atoms with van der Waals surface area (Å²) in [6, 6.07) is 3.63. The van der Waals surface area contributed by atoms with Crippen molar-refractivity contribution in [1.29, 1.82) is 0 Å². The maximum Gasteiger partial charge on any atom is 0.416 e. The SMILES string of the molecule is CNC(C)c1nnn(-c2cc(Br)cc(C(F)(F)F)c2)c1C. The van der Waals surface area contributed by atoms with Crippen molar-refractivity contribution in [1.82, 2.24) is 20.3 Å². The molecule has 0 aliphatic heterocycles. The smallest absolute Gasteiger partial charge is 0.312 e. The van der Waals surface area contributed by atoms with Crippen LogP contribution in [0.5, 0.6) is 0 Å². The number of nitrogens with zero attached hydrogens (tertiary/aromatic N) is 3. The minimum atomic E-state index is -4.41. The van der Waals surface area contributed by atoms with E-state index in [0.717, 1.165) is 12.1 Å². The van der Waals surface area contributed by atoms with E-state index in [0.29, 0.717) is 21.5 Å². The molecule has 0 radical (unpaired) electrons. The quantitative estimate of drug-likeness (QED) is 0.906. The van der Waals surface area contributed by atoms with Gasteiger partial charge in [-0.1, -0.05) is 21.1 Å². The van der Waals surface area contributed by atoms with Gasteiger partial charge >= 0.3 is 6.18 Å². The Balaban J connectivity index is 2.53. The molecule has 0 aliphatic carbocycles. The molecule has 1 heterocycles. The number of benzene rings is 1. The van der Waals surface area contributed by atoms with Crippen molar-refractivity contribution in [2.75, 3.05) is 7.05 Å². The lowest BCUT2D eigenvalue weighted by atomic mass is 10.1. The third-order valence-electron chi connectivity index (χ3n) is 3.23. The van der Waals surface area contributed by atoms with E-state index in [4.69, 9.17) is 0 Å². The Morgan fingerprint density at radius 3 is 2.52 bits per heavy atom. The monoisotopic (exact) mass is 362 g/mol. The summed E-state index contributed by atoms with van der Waals surface area (Å²) in [4.78, 5) is 0. The lowest BCUT2D eigenvalue weighted by molar-refractivity contribution is -0.137. The summed E-state index contributed by atoms with van der Waals surface area (Å²) in [5, 5.41) is 11.0. The van der Waals surface area contributed by atoms with Crippen LogP contribution in [0, 0.1) is 6.92 Å². The van der Waals surface area contributed by atoms with Crippen LogP contribution in [0.3, 0.4) is 0 Å². The molecule has 2 aromatic rings. The van der Waals surface area contributed by atoms with Gasteiger partial charge in [-0.3, -0.25) is 0 Å². The standard InChI is InChI=1S/C13H14BrF3N4/c1-7(18-3)12-8(2)21(20-19-12)11-5-9(13(15,16)17)4-10(14)6-11/h4-7,18H,1-3H3. The number of nitrogens with one attached hydrogen (secondary N) is 1. The largest absolute Gasteiger partial charge is 0.416 e. The molecule has 4 nitrogen and oxygen atoms in total. The molecule has 0 saturated carbocycles. The molecule has 0 amide bonds. The lowest BCUT2D eigenvalue weighted by Crippen LogP contribution is -2.14. The molecule has 0 saturated heterocycles. The normalized spacial score (nSPS) is 13.5. The molecule has 1 unspecified atom stereocenters. The number of hydrogen-bond donors (Lipinski definition) is 1. The predicted molar refractivity (Wildman–Crippen MR) is 76.3 cm³/mol. The number of rotatable bonds is 3. The molecule has 21 heavy (non-hydrogen) atoms. The van der Waals surface area contributed by atoms with E-state index in [-0.39, 0.29) is 6.04 Å². The minimum Gasteiger partial charge on any atom is -0.312 e. The van der Waals surface area contributed by atoms with Crippen molar-refractivity contribution in [2.45, 2.75) is 26.1 Å². The van der Waals surface area contributed by atoms with E-state index in [1.165, 1.54) is 4.68 Å². The van der Waals surface area contributed by atoms with Crippen LogP contribution in [0.2, 0.25) is 0 Å². The third kappa shape index (κ3) is 3.26. The first-order valence-corrected chi connectivity index (χ1v) is 7.01. The molecular weight excluding hydrogens is 349 g/mol. The molecule has 1 N–H and O–H groups in total. The summed E-state index contributed by atoms with van der Waals surface area (Å²) < 4.78 is 40.4. The van der Waals surface area contributed by atoms with E-state index in [2.05, 4.69) is 31.6 Å². The first kappa shape index (κ1) is 16.0. The highest BCUT2D eigenvalue weighted by molar-refractivity contribution is 9.10. The Morgan fingerprint density at radius 1 is 1.29 bits per heavy atom. The summed E-state index contributed by atoms with van der Waals surface area (Å²) in [5.74, 6) is 0. The first-order valence-electron chi connectivity index (χ1n) is 6.21. The van der Waals surface area contributed by atoms with E-state index < -0.39 is 11.7 Å². The molecule has 114 valence electrons. The van der Waals surface area contributed by atoms with Gasteiger partial charge in [-0.25, -0.2) is 4.68 Å². The Bertz CT molecular complexity index is 651. The topological polar surface area (TPSA) is 42.7 Å². The molecule has 0 aliphatic rings. The number of halogens is 4. The van der Waals surface area contributed by atoms with Gasteiger partial charge in [-0.2, -0.15) is 13.2 Å². The van der Waals surface area contributed by atoms with Gasteiger partial charge in [0.2, 0.25) is 0 Å². The zero-order valence-electron chi connectivity index (χ0n) is 11.7. The van der Waals surface area contributed by atoms with E-state index in [9.17, 15) is 13.2 Å². The maximum atomic E-state index is 12.9. The first-order chi connectivity index (χ1) is 9.74. The van der Waals surface area contributed by atoms with Crippen molar-refractivity contribution in [2.24, 2.45) is 0 Å². The summed E-state index contributed by atoms with van der Waals surface area (Å²) in [7, 11) is 1.78. The van der Waals surface area contributed by atoms with E-state index >= 15 is 0 Å². The van der Waals surface area contributed by atoms with Crippen LogP contribution in [-0.4, -0.2) is 22.0 Å². The Labute approximate surface area is 128 Å². The molecular formula is C13H14BrF3N4. The average Bonchev–Trinajstić information content (AvgIpc) is 2.78. The second-order valence-corrected chi connectivity index (χ2v) is 5.59. The molecule has 0 bridgehead atoms. The van der Waals surface area contributed by atoms with Crippen LogP contribution in [0.4, 0.5) is 13.2 Å². The molecule has 2 rings (SSSR count). The van der Waals surface area contributed by atoms with Crippen molar-refractivity contribution in [3.05, 3.63) is 39.6 Å². The second-order valence-electron chi connectivity index (χ2n) is 4.68. The zero-order chi connectivity index (χ0) is 15.8.